The quantitative estimate of drug-likeness (QED) is 0.719. The van der Waals surface area contributed by atoms with Crippen molar-refractivity contribution in [2.24, 2.45) is 11.3 Å². The van der Waals surface area contributed by atoms with Gasteiger partial charge in [0.05, 0.1) is 13.2 Å². The van der Waals surface area contributed by atoms with Crippen molar-refractivity contribution in [1.82, 2.24) is 0 Å². The monoisotopic (exact) mass is 238 g/mol. The molecule has 0 bridgehead atoms. The molecule has 0 saturated heterocycles. The third kappa shape index (κ3) is 3.43. The van der Waals surface area contributed by atoms with E-state index >= 15 is 0 Å². The van der Waals surface area contributed by atoms with Crippen molar-refractivity contribution in [3.8, 4) is 0 Å². The predicted octanol–water partition coefficient (Wildman–Crippen LogP) is 3.32. The molecule has 1 aliphatic carbocycles. The number of hydrogen-bond acceptors (Lipinski definition) is 2. The van der Waals surface area contributed by atoms with Crippen LogP contribution in [0.3, 0.4) is 0 Å². The molecule has 1 N–H and O–H groups in total. The molecule has 0 heterocycles. The second kappa shape index (κ2) is 6.36. The average molecular weight is 238 g/mol. The topological polar surface area (TPSA) is 29.5 Å². The minimum Gasteiger partial charge on any atom is -0.392 e. The molecular formula is C15H26O2. The lowest BCUT2D eigenvalue weighted by atomic mass is 9.75. The fourth-order valence-corrected chi connectivity index (χ4v) is 2.53. The normalized spacial score (nSPS) is 23.9. The summed E-state index contributed by atoms with van der Waals surface area (Å²) in [7, 11) is 1.76. The Morgan fingerprint density at radius 2 is 2.29 bits per heavy atom. The summed E-state index contributed by atoms with van der Waals surface area (Å²) in [6.07, 6.45) is 7.68. The molecule has 0 fully saturated rings. The Labute approximate surface area is 105 Å². The van der Waals surface area contributed by atoms with Crippen LogP contribution >= 0.6 is 0 Å². The van der Waals surface area contributed by atoms with Crippen LogP contribution in [-0.2, 0) is 4.74 Å². The van der Waals surface area contributed by atoms with Gasteiger partial charge < -0.3 is 9.84 Å². The summed E-state index contributed by atoms with van der Waals surface area (Å²) in [5.41, 5.74) is 2.79. The molecule has 2 nitrogen and oxygen atoms in total. The van der Waals surface area contributed by atoms with Crippen molar-refractivity contribution >= 4 is 0 Å². The molecule has 2 heteroatoms. The molecule has 0 aliphatic heterocycles. The van der Waals surface area contributed by atoms with Crippen LogP contribution in [0.5, 0.6) is 0 Å². The summed E-state index contributed by atoms with van der Waals surface area (Å²) in [6, 6.07) is 0. The highest BCUT2D eigenvalue weighted by atomic mass is 16.5. The van der Waals surface area contributed by atoms with Gasteiger partial charge in [0.1, 0.15) is 0 Å². The molecule has 1 rings (SSSR count). The molecule has 0 radical (unpaired) electrons. The maximum atomic E-state index is 9.16. The molecule has 0 spiro atoms. The van der Waals surface area contributed by atoms with Gasteiger partial charge in [-0.3, -0.25) is 0 Å². The van der Waals surface area contributed by atoms with Crippen molar-refractivity contribution in [3.63, 3.8) is 0 Å². The van der Waals surface area contributed by atoms with Crippen LogP contribution < -0.4 is 0 Å². The number of methoxy groups -OCH3 is 1. The molecule has 1 unspecified atom stereocenters. The van der Waals surface area contributed by atoms with Gasteiger partial charge in [-0.25, -0.2) is 0 Å². The third-order valence-corrected chi connectivity index (χ3v) is 4.15. The zero-order valence-electron chi connectivity index (χ0n) is 11.6. The van der Waals surface area contributed by atoms with Gasteiger partial charge in [-0.2, -0.15) is 0 Å². The van der Waals surface area contributed by atoms with E-state index < -0.39 is 0 Å². The maximum absolute atomic E-state index is 9.16. The van der Waals surface area contributed by atoms with E-state index in [2.05, 4.69) is 32.9 Å². The number of hydrogen-bond donors (Lipinski definition) is 1. The van der Waals surface area contributed by atoms with Gasteiger partial charge in [0.2, 0.25) is 0 Å². The first-order valence-corrected chi connectivity index (χ1v) is 6.53. The fraction of sp³-hybridized carbons (Fsp3) is 0.733. The lowest BCUT2D eigenvalue weighted by Gasteiger charge is -2.30. The third-order valence-electron chi connectivity index (χ3n) is 4.15. The Morgan fingerprint density at radius 3 is 2.82 bits per heavy atom. The molecule has 0 aromatic heterocycles. The molecule has 1 atom stereocenters. The van der Waals surface area contributed by atoms with E-state index in [4.69, 9.17) is 9.84 Å². The van der Waals surface area contributed by atoms with Gasteiger partial charge in [-0.05, 0) is 41.7 Å². The minimum absolute atomic E-state index is 0.196. The first-order chi connectivity index (χ1) is 8.06. The van der Waals surface area contributed by atoms with Crippen LogP contribution in [0.1, 0.15) is 40.0 Å². The Morgan fingerprint density at radius 1 is 1.59 bits per heavy atom. The largest absolute Gasteiger partial charge is 0.392 e. The molecule has 0 amide bonds. The Hall–Kier alpha value is -0.600. The predicted molar refractivity (Wildman–Crippen MR) is 71.9 cm³/mol. The Kier molecular flexibility index (Phi) is 5.41. The van der Waals surface area contributed by atoms with Gasteiger partial charge in [-0.15, -0.1) is 0 Å². The first kappa shape index (κ1) is 14.5. The second-order valence-electron chi connectivity index (χ2n) is 5.43. The van der Waals surface area contributed by atoms with Crippen LogP contribution in [0.25, 0.3) is 0 Å². The number of aliphatic hydroxyl groups is 1. The number of rotatable bonds is 6. The number of allylic oxidation sites excluding steroid dienone is 2. The summed E-state index contributed by atoms with van der Waals surface area (Å²) in [6.45, 7) is 7.63. The van der Waals surface area contributed by atoms with E-state index in [0.29, 0.717) is 5.92 Å². The minimum atomic E-state index is 0.196. The van der Waals surface area contributed by atoms with Crippen LogP contribution in [-0.4, -0.2) is 25.4 Å². The van der Waals surface area contributed by atoms with Crippen LogP contribution in [0, 0.1) is 11.3 Å². The highest BCUT2D eigenvalue weighted by molar-refractivity contribution is 5.22. The molecule has 98 valence electrons. The van der Waals surface area contributed by atoms with E-state index in [1.165, 1.54) is 5.57 Å². The molecule has 0 aromatic carbocycles. The molecular weight excluding hydrogens is 212 g/mol. The summed E-state index contributed by atoms with van der Waals surface area (Å²) < 4.78 is 5.25. The number of ether oxygens (including phenoxy) is 1. The molecule has 0 saturated carbocycles. The lowest BCUT2D eigenvalue weighted by Crippen LogP contribution is -2.23. The van der Waals surface area contributed by atoms with E-state index in [1.54, 1.807) is 7.11 Å². The SMILES string of the molecule is CCC(=CCC1CC=C(COC)C1(C)C)CO. The van der Waals surface area contributed by atoms with E-state index in [9.17, 15) is 0 Å². The van der Waals surface area contributed by atoms with Crippen molar-refractivity contribution in [1.29, 1.82) is 0 Å². The Bertz CT molecular complexity index is 294. The highest BCUT2D eigenvalue weighted by Gasteiger charge is 2.36. The van der Waals surface area contributed by atoms with Gasteiger partial charge >= 0.3 is 0 Å². The molecule has 0 aromatic rings. The second-order valence-corrected chi connectivity index (χ2v) is 5.43. The molecule has 1 aliphatic rings. The summed E-state index contributed by atoms with van der Waals surface area (Å²) in [5, 5.41) is 9.16. The summed E-state index contributed by atoms with van der Waals surface area (Å²) >= 11 is 0. The molecule has 17 heavy (non-hydrogen) atoms. The van der Waals surface area contributed by atoms with Crippen molar-refractivity contribution < 1.29 is 9.84 Å². The Balaban J connectivity index is 2.62. The average Bonchev–Trinajstić information content (AvgIpc) is 2.57. The highest BCUT2D eigenvalue weighted by Crippen LogP contribution is 2.45. The van der Waals surface area contributed by atoms with Gasteiger partial charge in [0.25, 0.3) is 0 Å². The van der Waals surface area contributed by atoms with Crippen molar-refractivity contribution in [3.05, 3.63) is 23.3 Å². The smallest absolute Gasteiger partial charge is 0.0678 e. The summed E-state index contributed by atoms with van der Waals surface area (Å²) in [4.78, 5) is 0. The van der Waals surface area contributed by atoms with Gasteiger partial charge in [0, 0.05) is 7.11 Å². The van der Waals surface area contributed by atoms with Crippen LogP contribution in [0.15, 0.2) is 23.3 Å². The van der Waals surface area contributed by atoms with Gasteiger partial charge in [0.15, 0.2) is 0 Å². The van der Waals surface area contributed by atoms with E-state index in [-0.39, 0.29) is 12.0 Å². The first-order valence-electron chi connectivity index (χ1n) is 6.53. The zero-order valence-corrected chi connectivity index (χ0v) is 11.6. The van der Waals surface area contributed by atoms with Crippen molar-refractivity contribution in [2.45, 2.75) is 40.0 Å². The standard InChI is InChI=1S/C15H26O2/c1-5-12(10-16)6-7-13-8-9-14(11-17-4)15(13,2)3/h6,9,13,16H,5,7-8,10-11H2,1-4H3. The fourth-order valence-electron chi connectivity index (χ4n) is 2.53. The van der Waals surface area contributed by atoms with Gasteiger partial charge in [-0.1, -0.05) is 32.9 Å². The van der Waals surface area contributed by atoms with E-state index in [0.717, 1.165) is 31.4 Å². The number of aliphatic hydroxyl groups excluding tert-OH is 1. The lowest BCUT2D eigenvalue weighted by molar-refractivity contribution is 0.189. The van der Waals surface area contributed by atoms with Crippen LogP contribution in [0.4, 0.5) is 0 Å². The van der Waals surface area contributed by atoms with Crippen molar-refractivity contribution in [2.75, 3.05) is 20.3 Å². The van der Waals surface area contributed by atoms with Crippen LogP contribution in [0.2, 0.25) is 0 Å². The van der Waals surface area contributed by atoms with E-state index in [1.807, 2.05) is 0 Å². The summed E-state index contributed by atoms with van der Waals surface area (Å²) in [5.74, 6) is 0.640. The maximum Gasteiger partial charge on any atom is 0.0678 e. The zero-order chi connectivity index (χ0) is 12.9.